The molecule has 0 saturated carbocycles. The number of halogens is 2. The lowest BCUT2D eigenvalue weighted by atomic mass is 10.1. The zero-order chi connectivity index (χ0) is 18.4. The molecule has 1 unspecified atom stereocenters. The molecule has 2 rings (SSSR count). The topological polar surface area (TPSA) is 108 Å². The zero-order valence-electron chi connectivity index (χ0n) is 12.7. The lowest BCUT2D eigenvalue weighted by Gasteiger charge is -2.14. The molecule has 0 fully saturated rings. The number of rotatable bonds is 7. The van der Waals surface area contributed by atoms with Crippen LogP contribution in [0.15, 0.2) is 42.5 Å². The van der Waals surface area contributed by atoms with Crippen molar-refractivity contribution in [3.05, 3.63) is 63.7 Å². The van der Waals surface area contributed by atoms with Crippen molar-refractivity contribution >= 4 is 11.4 Å². The number of nitro benzene ring substituents is 1. The average Bonchev–Trinajstić information content (AvgIpc) is 2.59. The maximum absolute atomic E-state index is 12.1. The van der Waals surface area contributed by atoms with Gasteiger partial charge in [0, 0.05) is 18.7 Å². The van der Waals surface area contributed by atoms with Crippen LogP contribution in [0.2, 0.25) is 0 Å². The van der Waals surface area contributed by atoms with Gasteiger partial charge in [-0.2, -0.15) is 14.0 Å². The molecule has 0 radical (unpaired) electrons. The summed E-state index contributed by atoms with van der Waals surface area (Å²) in [7, 11) is 0. The molecule has 7 nitrogen and oxygen atoms in total. The number of nitro groups is 1. The molecule has 0 aliphatic carbocycles. The van der Waals surface area contributed by atoms with Crippen LogP contribution in [-0.4, -0.2) is 23.2 Å². The molecule has 0 aromatic heterocycles. The minimum Gasteiger partial charge on any atom is -0.435 e. The second-order valence-electron chi connectivity index (χ2n) is 4.94. The van der Waals surface area contributed by atoms with Crippen LogP contribution in [-0.2, 0) is 0 Å². The molecule has 0 bridgehead atoms. The largest absolute Gasteiger partial charge is 0.435 e. The number of nitrogens with one attached hydrogen (secondary N) is 1. The molecule has 0 aliphatic rings. The Labute approximate surface area is 141 Å². The summed E-state index contributed by atoms with van der Waals surface area (Å²) in [6.07, 6.45) is -0.984. The maximum atomic E-state index is 12.1. The molecule has 0 spiro atoms. The molecular weight excluding hydrogens is 336 g/mol. The van der Waals surface area contributed by atoms with Crippen molar-refractivity contribution in [2.24, 2.45) is 0 Å². The van der Waals surface area contributed by atoms with Gasteiger partial charge >= 0.3 is 6.61 Å². The van der Waals surface area contributed by atoms with E-state index in [0.717, 1.165) is 6.07 Å². The monoisotopic (exact) mass is 349 g/mol. The fourth-order valence-electron chi connectivity index (χ4n) is 2.09. The van der Waals surface area contributed by atoms with Gasteiger partial charge in [-0.1, -0.05) is 12.1 Å². The number of anilines is 1. The summed E-state index contributed by atoms with van der Waals surface area (Å²) < 4.78 is 28.4. The molecule has 2 N–H and O–H groups in total. The molecular formula is C16H13F2N3O4. The number of nitriles is 1. The number of hydrogen-bond acceptors (Lipinski definition) is 6. The summed E-state index contributed by atoms with van der Waals surface area (Å²) in [4.78, 5) is 10.1. The van der Waals surface area contributed by atoms with Crippen molar-refractivity contribution in [2.75, 3.05) is 11.9 Å². The van der Waals surface area contributed by atoms with E-state index in [0.29, 0.717) is 11.3 Å². The van der Waals surface area contributed by atoms with Crippen LogP contribution in [0.1, 0.15) is 17.2 Å². The number of aliphatic hydroxyl groups is 1. The van der Waals surface area contributed by atoms with E-state index in [4.69, 9.17) is 5.26 Å². The van der Waals surface area contributed by atoms with Crippen LogP contribution in [0.25, 0.3) is 0 Å². The van der Waals surface area contributed by atoms with Gasteiger partial charge in [-0.25, -0.2) is 0 Å². The van der Waals surface area contributed by atoms with Crippen molar-refractivity contribution in [2.45, 2.75) is 12.7 Å². The fourth-order valence-corrected chi connectivity index (χ4v) is 2.09. The first kappa shape index (κ1) is 18.1. The maximum Gasteiger partial charge on any atom is 0.387 e. The number of alkyl halides is 2. The van der Waals surface area contributed by atoms with Crippen molar-refractivity contribution in [3.63, 3.8) is 0 Å². The number of nitrogens with zero attached hydrogens (tertiary/aromatic N) is 2. The lowest BCUT2D eigenvalue weighted by Crippen LogP contribution is -2.13. The molecule has 9 heteroatoms. The van der Waals surface area contributed by atoms with E-state index < -0.39 is 17.6 Å². The van der Waals surface area contributed by atoms with Crippen LogP contribution >= 0.6 is 0 Å². The summed E-state index contributed by atoms with van der Waals surface area (Å²) >= 11 is 0. The highest BCUT2D eigenvalue weighted by atomic mass is 19.3. The normalized spacial score (nSPS) is 11.6. The Morgan fingerprint density at radius 3 is 2.52 bits per heavy atom. The molecule has 0 saturated heterocycles. The predicted molar refractivity (Wildman–Crippen MR) is 84.3 cm³/mol. The third kappa shape index (κ3) is 4.86. The Morgan fingerprint density at radius 2 is 1.96 bits per heavy atom. The van der Waals surface area contributed by atoms with E-state index >= 15 is 0 Å². The van der Waals surface area contributed by atoms with Gasteiger partial charge in [0.1, 0.15) is 11.8 Å². The Kier molecular flexibility index (Phi) is 5.81. The number of aliphatic hydroxyl groups excluding tert-OH is 1. The van der Waals surface area contributed by atoms with E-state index in [-0.39, 0.29) is 23.5 Å². The average molecular weight is 349 g/mol. The summed E-state index contributed by atoms with van der Waals surface area (Å²) in [6.45, 7) is -2.91. The molecule has 2 aromatic carbocycles. The smallest absolute Gasteiger partial charge is 0.387 e. The molecule has 0 amide bonds. The van der Waals surface area contributed by atoms with Gasteiger partial charge in [-0.3, -0.25) is 10.1 Å². The van der Waals surface area contributed by atoms with Gasteiger partial charge < -0.3 is 15.2 Å². The zero-order valence-corrected chi connectivity index (χ0v) is 12.7. The summed E-state index contributed by atoms with van der Waals surface area (Å²) in [6, 6.07) is 11.1. The Hall–Kier alpha value is -3.25. The standard InChI is InChI=1S/C16H13F2N3O4/c17-16(18)25-13-4-1-10(2-5-13)15(22)9-20-14-6-3-12(21(23)24)7-11(14)8-19/h1-7,15-16,20,22H,9H2. The van der Waals surface area contributed by atoms with Crippen LogP contribution in [0, 0.1) is 21.4 Å². The van der Waals surface area contributed by atoms with E-state index in [1.165, 1.54) is 36.4 Å². The highest BCUT2D eigenvalue weighted by molar-refractivity contribution is 5.61. The number of hydrogen-bond donors (Lipinski definition) is 2. The first-order valence-corrected chi connectivity index (χ1v) is 7.06. The van der Waals surface area contributed by atoms with E-state index in [1.807, 2.05) is 6.07 Å². The van der Waals surface area contributed by atoms with Crippen LogP contribution < -0.4 is 10.1 Å². The Balaban J connectivity index is 2.03. The minimum absolute atomic E-state index is 0.0154. The number of ether oxygens (including phenoxy) is 1. The lowest BCUT2D eigenvalue weighted by molar-refractivity contribution is -0.384. The van der Waals surface area contributed by atoms with Gasteiger partial charge in [0.05, 0.1) is 22.3 Å². The molecule has 1 atom stereocenters. The second-order valence-corrected chi connectivity index (χ2v) is 4.94. The Bertz CT molecular complexity index is 791. The summed E-state index contributed by atoms with van der Waals surface area (Å²) in [5, 5.41) is 32.7. The number of non-ortho nitro benzene ring substituents is 1. The van der Waals surface area contributed by atoms with Crippen LogP contribution in [0.3, 0.4) is 0 Å². The van der Waals surface area contributed by atoms with Crippen molar-refractivity contribution < 1.29 is 23.5 Å². The second kappa shape index (κ2) is 8.03. The van der Waals surface area contributed by atoms with Gasteiger partial charge in [0.2, 0.25) is 0 Å². The SMILES string of the molecule is N#Cc1cc([N+](=O)[O-])ccc1NCC(O)c1ccc(OC(F)F)cc1. The van der Waals surface area contributed by atoms with Crippen molar-refractivity contribution in [1.82, 2.24) is 0 Å². The van der Waals surface area contributed by atoms with Crippen LogP contribution in [0.5, 0.6) is 5.75 Å². The fraction of sp³-hybridized carbons (Fsp3) is 0.188. The van der Waals surface area contributed by atoms with Gasteiger partial charge in [-0.15, -0.1) is 0 Å². The summed E-state index contributed by atoms with van der Waals surface area (Å²) in [5.74, 6) is -0.0268. The molecule has 25 heavy (non-hydrogen) atoms. The molecule has 0 heterocycles. The van der Waals surface area contributed by atoms with Gasteiger partial charge in [-0.05, 0) is 23.8 Å². The van der Waals surface area contributed by atoms with E-state index in [2.05, 4.69) is 10.1 Å². The Morgan fingerprint density at radius 1 is 1.28 bits per heavy atom. The predicted octanol–water partition coefficient (Wildman–Crippen LogP) is 3.21. The van der Waals surface area contributed by atoms with Crippen molar-refractivity contribution in [3.8, 4) is 11.8 Å². The van der Waals surface area contributed by atoms with E-state index in [9.17, 15) is 24.0 Å². The van der Waals surface area contributed by atoms with Gasteiger partial charge in [0.15, 0.2) is 0 Å². The van der Waals surface area contributed by atoms with E-state index in [1.54, 1.807) is 0 Å². The third-order valence-electron chi connectivity index (χ3n) is 3.31. The van der Waals surface area contributed by atoms with Gasteiger partial charge in [0.25, 0.3) is 5.69 Å². The minimum atomic E-state index is -2.93. The highest BCUT2D eigenvalue weighted by Gasteiger charge is 2.13. The van der Waals surface area contributed by atoms with Crippen LogP contribution in [0.4, 0.5) is 20.2 Å². The molecule has 0 aliphatic heterocycles. The molecule has 130 valence electrons. The third-order valence-corrected chi connectivity index (χ3v) is 3.31. The first-order valence-electron chi connectivity index (χ1n) is 7.06. The molecule has 2 aromatic rings. The quantitative estimate of drug-likeness (QED) is 0.587. The number of benzene rings is 2. The first-order chi connectivity index (χ1) is 11.9. The summed E-state index contributed by atoms with van der Waals surface area (Å²) in [5.41, 5.74) is 0.652. The highest BCUT2D eigenvalue weighted by Crippen LogP contribution is 2.23. The van der Waals surface area contributed by atoms with Crippen molar-refractivity contribution in [1.29, 1.82) is 5.26 Å².